The Hall–Kier alpha value is -1.64. The average Bonchev–Trinajstić information content (AvgIpc) is 3.23. The number of methoxy groups -OCH3 is 1. The van der Waals surface area contributed by atoms with Crippen LogP contribution >= 0.6 is 0 Å². The first kappa shape index (κ1) is 20.1. The Labute approximate surface area is 161 Å². The van der Waals surface area contributed by atoms with Gasteiger partial charge in [-0.2, -0.15) is 0 Å². The van der Waals surface area contributed by atoms with Gasteiger partial charge in [-0.15, -0.1) is 0 Å². The SMILES string of the molecule is COc1ccccc1C1CNCCN1C(=O)CCCS(=O)(=O)N1CCCC1. The molecule has 3 rings (SSSR count). The fraction of sp³-hybridized carbons (Fsp3) is 0.632. The summed E-state index contributed by atoms with van der Waals surface area (Å²) in [5.74, 6) is 0.814. The number of para-hydroxylation sites is 1. The largest absolute Gasteiger partial charge is 0.496 e. The second kappa shape index (κ2) is 9.03. The maximum atomic E-state index is 12.8. The summed E-state index contributed by atoms with van der Waals surface area (Å²) >= 11 is 0. The van der Waals surface area contributed by atoms with Crippen molar-refractivity contribution in [1.82, 2.24) is 14.5 Å². The summed E-state index contributed by atoms with van der Waals surface area (Å²) < 4.78 is 31.7. The van der Waals surface area contributed by atoms with E-state index in [0.717, 1.165) is 30.7 Å². The van der Waals surface area contributed by atoms with Crippen LogP contribution in [0, 0.1) is 0 Å². The second-order valence-corrected chi connectivity index (χ2v) is 9.16. The van der Waals surface area contributed by atoms with Crippen molar-refractivity contribution in [2.75, 3.05) is 45.6 Å². The summed E-state index contributed by atoms with van der Waals surface area (Å²) in [7, 11) is -1.60. The van der Waals surface area contributed by atoms with E-state index in [1.54, 1.807) is 11.4 Å². The van der Waals surface area contributed by atoms with Crippen LogP contribution in [0.2, 0.25) is 0 Å². The molecule has 2 aliphatic rings. The molecule has 7 nitrogen and oxygen atoms in total. The number of rotatable bonds is 7. The van der Waals surface area contributed by atoms with E-state index in [9.17, 15) is 13.2 Å². The van der Waals surface area contributed by atoms with Gasteiger partial charge in [0.1, 0.15) is 5.75 Å². The molecule has 1 amide bonds. The van der Waals surface area contributed by atoms with Gasteiger partial charge in [-0.05, 0) is 25.3 Å². The van der Waals surface area contributed by atoms with Crippen LogP contribution in [-0.2, 0) is 14.8 Å². The molecule has 0 bridgehead atoms. The summed E-state index contributed by atoms with van der Waals surface area (Å²) in [4.78, 5) is 14.7. The molecule has 2 heterocycles. The first-order valence-corrected chi connectivity index (χ1v) is 11.2. The van der Waals surface area contributed by atoms with E-state index in [1.165, 1.54) is 0 Å². The van der Waals surface area contributed by atoms with Crippen LogP contribution in [0.3, 0.4) is 0 Å². The van der Waals surface area contributed by atoms with Crippen molar-refractivity contribution >= 4 is 15.9 Å². The van der Waals surface area contributed by atoms with Gasteiger partial charge < -0.3 is 15.0 Å². The summed E-state index contributed by atoms with van der Waals surface area (Å²) in [5, 5.41) is 3.33. The second-order valence-electron chi connectivity index (χ2n) is 7.07. The number of sulfonamides is 1. The van der Waals surface area contributed by atoms with Crippen molar-refractivity contribution in [3.8, 4) is 5.75 Å². The van der Waals surface area contributed by atoms with Crippen LogP contribution in [0.1, 0.15) is 37.3 Å². The molecule has 1 aromatic rings. The van der Waals surface area contributed by atoms with Crippen molar-refractivity contribution in [2.45, 2.75) is 31.7 Å². The molecule has 0 spiro atoms. The molecule has 2 saturated heterocycles. The first-order chi connectivity index (χ1) is 13.0. The Morgan fingerprint density at radius 2 is 1.96 bits per heavy atom. The van der Waals surface area contributed by atoms with Gasteiger partial charge in [-0.25, -0.2) is 12.7 Å². The third-order valence-corrected chi connectivity index (χ3v) is 7.27. The van der Waals surface area contributed by atoms with Crippen LogP contribution in [-0.4, -0.2) is 69.1 Å². The van der Waals surface area contributed by atoms with E-state index in [1.807, 2.05) is 29.2 Å². The average molecular weight is 396 g/mol. The molecule has 27 heavy (non-hydrogen) atoms. The minimum absolute atomic E-state index is 0.00373. The fourth-order valence-electron chi connectivity index (χ4n) is 3.87. The predicted octanol–water partition coefficient (Wildman–Crippen LogP) is 1.37. The summed E-state index contributed by atoms with van der Waals surface area (Å²) in [6, 6.07) is 7.63. The monoisotopic (exact) mass is 395 g/mol. The van der Waals surface area contributed by atoms with Crippen molar-refractivity contribution in [1.29, 1.82) is 0 Å². The lowest BCUT2D eigenvalue weighted by atomic mass is 10.0. The zero-order valence-electron chi connectivity index (χ0n) is 15.9. The highest BCUT2D eigenvalue weighted by Crippen LogP contribution is 2.30. The standard InChI is InChI=1S/C19H29N3O4S/c1-26-18-8-3-2-7-16(18)17-15-20-10-13-22(17)19(23)9-6-14-27(24,25)21-11-4-5-12-21/h2-3,7-8,17,20H,4-6,9-15H2,1H3. The van der Waals surface area contributed by atoms with Gasteiger partial charge in [0.25, 0.3) is 0 Å². The number of carbonyl (C=O) groups is 1. The summed E-state index contributed by atoms with van der Waals surface area (Å²) in [5.41, 5.74) is 0.977. The molecule has 0 aliphatic carbocycles. The molecular formula is C19H29N3O4S. The zero-order chi connectivity index (χ0) is 19.3. The Morgan fingerprint density at radius 3 is 2.70 bits per heavy atom. The molecule has 1 unspecified atom stereocenters. The van der Waals surface area contributed by atoms with E-state index in [2.05, 4.69) is 5.32 Å². The first-order valence-electron chi connectivity index (χ1n) is 9.64. The van der Waals surface area contributed by atoms with Gasteiger partial charge in [0.2, 0.25) is 15.9 Å². The minimum atomic E-state index is -3.23. The maximum absolute atomic E-state index is 12.8. The number of carbonyl (C=O) groups excluding carboxylic acids is 1. The van der Waals surface area contributed by atoms with E-state index in [0.29, 0.717) is 32.6 Å². The minimum Gasteiger partial charge on any atom is -0.496 e. The summed E-state index contributed by atoms with van der Waals surface area (Å²) in [6.45, 7) is 3.25. The Bertz CT molecular complexity index is 747. The maximum Gasteiger partial charge on any atom is 0.223 e. The Balaban J connectivity index is 1.62. The third-order valence-electron chi connectivity index (χ3n) is 5.31. The van der Waals surface area contributed by atoms with Gasteiger partial charge >= 0.3 is 0 Å². The van der Waals surface area contributed by atoms with Gasteiger partial charge in [-0.1, -0.05) is 18.2 Å². The van der Waals surface area contributed by atoms with Crippen LogP contribution in [0.15, 0.2) is 24.3 Å². The topological polar surface area (TPSA) is 79.0 Å². The van der Waals surface area contributed by atoms with Crippen LogP contribution in [0.5, 0.6) is 5.75 Å². The van der Waals surface area contributed by atoms with Gasteiger partial charge in [-0.3, -0.25) is 4.79 Å². The van der Waals surface area contributed by atoms with E-state index in [-0.39, 0.29) is 24.1 Å². The highest BCUT2D eigenvalue weighted by atomic mass is 32.2. The number of nitrogens with zero attached hydrogens (tertiary/aromatic N) is 2. The molecule has 1 aromatic carbocycles. The summed E-state index contributed by atoms with van der Waals surface area (Å²) in [6.07, 6.45) is 2.47. The molecule has 2 aliphatic heterocycles. The molecule has 8 heteroatoms. The number of hydrogen-bond donors (Lipinski definition) is 1. The van der Waals surface area contributed by atoms with Gasteiger partial charge in [0, 0.05) is 44.7 Å². The highest BCUT2D eigenvalue weighted by Gasteiger charge is 2.30. The van der Waals surface area contributed by atoms with Crippen molar-refractivity contribution < 1.29 is 17.9 Å². The number of piperazine rings is 1. The lowest BCUT2D eigenvalue weighted by Crippen LogP contribution is -2.48. The normalized spacial score (nSPS) is 21.4. The van der Waals surface area contributed by atoms with E-state index < -0.39 is 10.0 Å². The van der Waals surface area contributed by atoms with E-state index in [4.69, 9.17) is 4.74 Å². The number of hydrogen-bond acceptors (Lipinski definition) is 5. The highest BCUT2D eigenvalue weighted by molar-refractivity contribution is 7.89. The molecule has 2 fully saturated rings. The van der Waals surface area contributed by atoms with Crippen molar-refractivity contribution in [3.63, 3.8) is 0 Å². The molecule has 1 N–H and O–H groups in total. The van der Waals surface area contributed by atoms with Crippen molar-refractivity contribution in [3.05, 3.63) is 29.8 Å². The lowest BCUT2D eigenvalue weighted by Gasteiger charge is -2.37. The number of benzene rings is 1. The third kappa shape index (κ3) is 4.80. The van der Waals surface area contributed by atoms with Gasteiger partial charge in [0.05, 0.1) is 18.9 Å². The fourth-order valence-corrected chi connectivity index (χ4v) is 5.45. The predicted molar refractivity (Wildman–Crippen MR) is 104 cm³/mol. The van der Waals surface area contributed by atoms with Crippen LogP contribution in [0.25, 0.3) is 0 Å². The van der Waals surface area contributed by atoms with Crippen LogP contribution in [0.4, 0.5) is 0 Å². The Morgan fingerprint density at radius 1 is 1.22 bits per heavy atom. The quantitative estimate of drug-likeness (QED) is 0.754. The molecule has 1 atom stereocenters. The van der Waals surface area contributed by atoms with Crippen molar-refractivity contribution in [2.24, 2.45) is 0 Å². The molecular weight excluding hydrogens is 366 g/mol. The molecule has 0 radical (unpaired) electrons. The number of nitrogens with one attached hydrogen (secondary N) is 1. The number of amides is 1. The Kier molecular flexibility index (Phi) is 6.73. The molecule has 0 saturated carbocycles. The van der Waals surface area contributed by atoms with E-state index >= 15 is 0 Å². The smallest absolute Gasteiger partial charge is 0.223 e. The van der Waals surface area contributed by atoms with Gasteiger partial charge in [0.15, 0.2) is 0 Å². The molecule has 150 valence electrons. The zero-order valence-corrected chi connectivity index (χ0v) is 16.7. The van der Waals surface area contributed by atoms with Crippen LogP contribution < -0.4 is 10.1 Å². The lowest BCUT2D eigenvalue weighted by molar-refractivity contribution is -0.134. The molecule has 0 aromatic heterocycles. The number of ether oxygens (including phenoxy) is 1.